The molecule has 3 rings (SSSR count). The largest absolute Gasteiger partial charge is 0.462 e. The molecule has 1 aliphatic rings. The number of halogens is 2. The second-order valence-corrected chi connectivity index (χ2v) is 9.00. The van der Waals surface area contributed by atoms with Crippen LogP contribution < -0.4 is 10.6 Å². The predicted octanol–water partition coefficient (Wildman–Crippen LogP) is 5.35. The zero-order valence-corrected chi connectivity index (χ0v) is 19.0. The minimum Gasteiger partial charge on any atom is -0.462 e. The van der Waals surface area contributed by atoms with Gasteiger partial charge in [-0.3, -0.25) is 10.1 Å². The monoisotopic (exact) mass is 500 g/mol. The second kappa shape index (κ2) is 9.35. The van der Waals surface area contributed by atoms with Crippen molar-refractivity contribution >= 4 is 73.1 Å². The highest BCUT2D eigenvalue weighted by Gasteiger charge is 2.27. The van der Waals surface area contributed by atoms with Gasteiger partial charge in [0.15, 0.2) is 5.11 Å². The third-order valence-corrected chi connectivity index (χ3v) is 6.51. The first kappa shape index (κ1) is 21.2. The van der Waals surface area contributed by atoms with Gasteiger partial charge >= 0.3 is 5.97 Å². The first-order valence-corrected chi connectivity index (χ1v) is 11.2. The van der Waals surface area contributed by atoms with Crippen LogP contribution in [0, 0.1) is 0 Å². The molecule has 9 heteroatoms. The molecule has 148 valence electrons. The summed E-state index contributed by atoms with van der Waals surface area (Å²) in [5, 5.41) is 6.66. The van der Waals surface area contributed by atoms with E-state index < -0.39 is 5.91 Å². The summed E-state index contributed by atoms with van der Waals surface area (Å²) in [4.78, 5) is 26.2. The van der Waals surface area contributed by atoms with E-state index in [9.17, 15) is 9.59 Å². The van der Waals surface area contributed by atoms with E-state index in [1.807, 2.05) is 0 Å². The maximum atomic E-state index is 12.5. The highest BCUT2D eigenvalue weighted by Crippen LogP contribution is 2.38. The highest BCUT2D eigenvalue weighted by atomic mass is 79.9. The third kappa shape index (κ3) is 4.74. The van der Waals surface area contributed by atoms with Crippen molar-refractivity contribution in [3.05, 3.63) is 49.3 Å². The summed E-state index contributed by atoms with van der Waals surface area (Å²) >= 11 is 16.2. The lowest BCUT2D eigenvalue weighted by atomic mass is 9.95. The summed E-state index contributed by atoms with van der Waals surface area (Å²) < 4.78 is 5.96. The molecule has 1 aliphatic carbocycles. The van der Waals surface area contributed by atoms with Gasteiger partial charge < -0.3 is 10.1 Å². The van der Waals surface area contributed by atoms with Crippen LogP contribution in [0.5, 0.6) is 0 Å². The van der Waals surface area contributed by atoms with Gasteiger partial charge in [-0.2, -0.15) is 0 Å². The fourth-order valence-electron chi connectivity index (χ4n) is 3.05. The summed E-state index contributed by atoms with van der Waals surface area (Å²) in [7, 11) is 0. The van der Waals surface area contributed by atoms with Gasteiger partial charge in [0.2, 0.25) is 0 Å². The Balaban J connectivity index is 1.80. The number of carbonyl (C=O) groups is 2. The molecule has 0 fully saturated rings. The fraction of sp³-hybridized carbons (Fsp3) is 0.316. The van der Waals surface area contributed by atoms with Crippen molar-refractivity contribution in [3.63, 3.8) is 0 Å². The number of nitrogens with one attached hydrogen (secondary N) is 2. The molecule has 1 aromatic heterocycles. The molecule has 0 aliphatic heterocycles. The number of aryl methyl sites for hydroxylation is 1. The maximum Gasteiger partial charge on any atom is 0.341 e. The van der Waals surface area contributed by atoms with Gasteiger partial charge in [-0.1, -0.05) is 27.5 Å². The number of hydrogen-bond acceptors (Lipinski definition) is 5. The standard InChI is InChI=1S/C19H18BrClN2O3S2/c1-2-26-18(25)15-11-5-3-4-6-14(11)28-17(15)23-19(27)22-16(24)12-9-10(20)7-8-13(12)21/h7-9H,2-6H2,1H3,(H2,22,23,24,27). The van der Waals surface area contributed by atoms with Crippen molar-refractivity contribution < 1.29 is 14.3 Å². The quantitative estimate of drug-likeness (QED) is 0.437. The second-order valence-electron chi connectivity index (χ2n) is 6.17. The zero-order valence-electron chi connectivity index (χ0n) is 15.1. The van der Waals surface area contributed by atoms with E-state index in [0.29, 0.717) is 27.8 Å². The van der Waals surface area contributed by atoms with Crippen molar-refractivity contribution in [2.24, 2.45) is 0 Å². The fourth-order valence-corrected chi connectivity index (χ4v) is 5.16. The molecule has 2 N–H and O–H groups in total. The number of ether oxygens (including phenoxy) is 1. The summed E-state index contributed by atoms with van der Waals surface area (Å²) in [5.41, 5.74) is 1.86. The van der Waals surface area contributed by atoms with Crippen molar-refractivity contribution in [1.82, 2.24) is 5.32 Å². The number of amides is 1. The molecular formula is C19H18BrClN2O3S2. The van der Waals surface area contributed by atoms with E-state index >= 15 is 0 Å². The number of anilines is 1. The van der Waals surface area contributed by atoms with E-state index in [0.717, 1.165) is 35.7 Å². The smallest absolute Gasteiger partial charge is 0.341 e. The van der Waals surface area contributed by atoms with E-state index in [2.05, 4.69) is 26.6 Å². The highest BCUT2D eigenvalue weighted by molar-refractivity contribution is 9.10. The first-order valence-electron chi connectivity index (χ1n) is 8.79. The normalized spacial score (nSPS) is 12.8. The lowest BCUT2D eigenvalue weighted by Gasteiger charge is -2.13. The Morgan fingerprint density at radius 2 is 2.07 bits per heavy atom. The molecule has 0 spiro atoms. The van der Waals surface area contributed by atoms with E-state index in [-0.39, 0.29) is 11.1 Å². The van der Waals surface area contributed by atoms with Crippen LogP contribution in [0.3, 0.4) is 0 Å². The van der Waals surface area contributed by atoms with Gasteiger partial charge in [-0.15, -0.1) is 11.3 Å². The Bertz CT molecular complexity index is 946. The van der Waals surface area contributed by atoms with Crippen LogP contribution in [-0.2, 0) is 17.6 Å². The van der Waals surface area contributed by atoms with Crippen LogP contribution in [0.25, 0.3) is 0 Å². The Kier molecular flexibility index (Phi) is 7.09. The van der Waals surface area contributed by atoms with Crippen LogP contribution in [-0.4, -0.2) is 23.6 Å². The Morgan fingerprint density at radius 1 is 1.32 bits per heavy atom. The van der Waals surface area contributed by atoms with Crippen molar-refractivity contribution in [2.75, 3.05) is 11.9 Å². The molecule has 0 saturated carbocycles. The number of thiocarbonyl (C=S) groups is 1. The number of benzene rings is 1. The molecule has 2 aromatic rings. The van der Waals surface area contributed by atoms with Crippen LogP contribution in [0.15, 0.2) is 22.7 Å². The van der Waals surface area contributed by atoms with Crippen molar-refractivity contribution in [3.8, 4) is 0 Å². The molecule has 0 saturated heterocycles. The van der Waals surface area contributed by atoms with Crippen molar-refractivity contribution in [1.29, 1.82) is 0 Å². The van der Waals surface area contributed by atoms with Crippen LogP contribution in [0.1, 0.15) is 50.9 Å². The molecule has 0 bridgehead atoms. The SMILES string of the molecule is CCOC(=O)c1c(NC(=S)NC(=O)c2cc(Br)ccc2Cl)sc2c1CCCC2. The summed E-state index contributed by atoms with van der Waals surface area (Å²) in [6, 6.07) is 4.99. The third-order valence-electron chi connectivity index (χ3n) is 4.28. The van der Waals surface area contributed by atoms with Gasteiger partial charge in [0, 0.05) is 9.35 Å². The average molecular weight is 502 g/mol. The molecule has 1 aromatic carbocycles. The topological polar surface area (TPSA) is 67.4 Å². The molecule has 1 heterocycles. The number of hydrogen-bond donors (Lipinski definition) is 2. The summed E-state index contributed by atoms with van der Waals surface area (Å²) in [6.45, 7) is 2.07. The van der Waals surface area contributed by atoms with Gasteiger partial charge in [0.05, 0.1) is 22.8 Å². The number of rotatable bonds is 4. The predicted molar refractivity (Wildman–Crippen MR) is 120 cm³/mol. The van der Waals surface area contributed by atoms with Gasteiger partial charge in [0.1, 0.15) is 5.00 Å². The Morgan fingerprint density at radius 3 is 2.82 bits per heavy atom. The zero-order chi connectivity index (χ0) is 20.3. The minimum absolute atomic E-state index is 0.102. The average Bonchev–Trinajstić information content (AvgIpc) is 3.01. The van der Waals surface area contributed by atoms with Crippen molar-refractivity contribution in [2.45, 2.75) is 32.6 Å². The van der Waals surface area contributed by atoms with Gasteiger partial charge in [0.25, 0.3) is 5.91 Å². The summed E-state index contributed by atoms with van der Waals surface area (Å²) in [5.74, 6) is -0.795. The lowest BCUT2D eigenvalue weighted by molar-refractivity contribution is 0.0526. The molecule has 0 radical (unpaired) electrons. The molecule has 28 heavy (non-hydrogen) atoms. The molecule has 0 atom stereocenters. The number of esters is 1. The van der Waals surface area contributed by atoms with Crippen LogP contribution in [0.4, 0.5) is 5.00 Å². The summed E-state index contributed by atoms with van der Waals surface area (Å²) in [6.07, 6.45) is 3.91. The Hall–Kier alpha value is -1.48. The van der Waals surface area contributed by atoms with E-state index in [1.165, 1.54) is 16.2 Å². The molecule has 0 unspecified atom stereocenters. The van der Waals surface area contributed by atoms with E-state index in [4.69, 9.17) is 28.6 Å². The molecule has 5 nitrogen and oxygen atoms in total. The maximum absolute atomic E-state index is 12.5. The lowest BCUT2D eigenvalue weighted by Crippen LogP contribution is -2.34. The number of carbonyl (C=O) groups excluding carboxylic acids is 2. The minimum atomic E-state index is -0.428. The number of fused-ring (bicyclic) bond motifs is 1. The molecule has 1 amide bonds. The van der Waals surface area contributed by atoms with Gasteiger partial charge in [-0.25, -0.2) is 4.79 Å². The Labute approximate surface area is 185 Å². The number of thiophene rings is 1. The van der Waals surface area contributed by atoms with Gasteiger partial charge in [-0.05, 0) is 68.6 Å². The first-order chi connectivity index (χ1) is 13.4. The van der Waals surface area contributed by atoms with Crippen LogP contribution >= 0.6 is 51.1 Å². The van der Waals surface area contributed by atoms with Crippen LogP contribution in [0.2, 0.25) is 5.02 Å². The molecular weight excluding hydrogens is 484 g/mol. The van der Waals surface area contributed by atoms with E-state index in [1.54, 1.807) is 25.1 Å².